The molecule has 0 amide bonds. The van der Waals surface area contributed by atoms with Gasteiger partial charge in [0, 0.05) is 14.1 Å². The Labute approximate surface area is 86.5 Å². The van der Waals surface area contributed by atoms with E-state index in [9.17, 15) is 0 Å². The number of anilines is 1. The van der Waals surface area contributed by atoms with Crippen molar-refractivity contribution in [2.24, 2.45) is 0 Å². The van der Waals surface area contributed by atoms with Crippen LogP contribution in [0.4, 0.5) is 5.88 Å². The summed E-state index contributed by atoms with van der Waals surface area (Å²) in [6, 6.07) is 5.44. The molecule has 0 aliphatic heterocycles. The second-order valence-corrected chi connectivity index (χ2v) is 3.16. The zero-order valence-corrected chi connectivity index (χ0v) is 8.39. The minimum Gasteiger partial charge on any atom is -0.459 e. The van der Waals surface area contributed by atoms with Crippen molar-refractivity contribution in [2.75, 3.05) is 19.0 Å². The highest BCUT2D eigenvalue weighted by atomic mass is 16.4. The van der Waals surface area contributed by atoms with Crippen molar-refractivity contribution >= 4 is 5.88 Å². The minimum atomic E-state index is 0.256. The molecule has 0 aliphatic carbocycles. The molecule has 0 fully saturated rings. The molecule has 0 N–H and O–H groups in total. The van der Waals surface area contributed by atoms with Crippen LogP contribution in [0.5, 0.6) is 0 Å². The van der Waals surface area contributed by atoms with E-state index in [2.05, 4.69) is 4.98 Å². The van der Waals surface area contributed by atoms with Crippen LogP contribution >= 0.6 is 0 Å². The van der Waals surface area contributed by atoms with Gasteiger partial charge in [-0.3, -0.25) is 0 Å². The molecule has 0 aliphatic rings. The standard InChI is InChI=1S/C10H9N3O2/c1-13(2)10-7(6-11)12-9(15-10)8-4-3-5-14-8/h3-5H,1-2H3. The van der Waals surface area contributed by atoms with Gasteiger partial charge in [-0.25, -0.2) is 0 Å². The number of aromatic nitrogens is 1. The van der Waals surface area contributed by atoms with Gasteiger partial charge >= 0.3 is 0 Å². The van der Waals surface area contributed by atoms with E-state index in [1.165, 1.54) is 6.26 Å². The average Bonchev–Trinajstić information content (AvgIpc) is 2.86. The number of nitriles is 1. The molecule has 0 saturated carbocycles. The van der Waals surface area contributed by atoms with E-state index in [4.69, 9.17) is 14.1 Å². The second kappa shape index (κ2) is 3.50. The van der Waals surface area contributed by atoms with Gasteiger partial charge in [-0.15, -0.1) is 0 Å². The topological polar surface area (TPSA) is 66.2 Å². The normalized spacial score (nSPS) is 9.93. The summed E-state index contributed by atoms with van der Waals surface area (Å²) in [4.78, 5) is 5.72. The molecule has 2 rings (SSSR count). The highest BCUT2D eigenvalue weighted by Gasteiger charge is 2.17. The zero-order chi connectivity index (χ0) is 10.8. The molecular formula is C10H9N3O2. The van der Waals surface area contributed by atoms with E-state index >= 15 is 0 Å². The van der Waals surface area contributed by atoms with Crippen molar-refractivity contribution < 1.29 is 8.83 Å². The van der Waals surface area contributed by atoms with Crippen molar-refractivity contribution in [1.82, 2.24) is 4.98 Å². The molecule has 2 heterocycles. The Balaban J connectivity index is 2.49. The molecule has 5 heteroatoms. The number of nitrogens with zero attached hydrogens (tertiary/aromatic N) is 3. The fourth-order valence-corrected chi connectivity index (χ4v) is 1.19. The molecule has 2 aromatic heterocycles. The van der Waals surface area contributed by atoms with Crippen molar-refractivity contribution in [2.45, 2.75) is 0 Å². The Hall–Kier alpha value is -2.22. The molecule has 0 atom stereocenters. The Morgan fingerprint density at radius 3 is 2.73 bits per heavy atom. The lowest BCUT2D eigenvalue weighted by molar-refractivity contribution is 0.517. The average molecular weight is 203 g/mol. The monoisotopic (exact) mass is 203 g/mol. The van der Waals surface area contributed by atoms with Gasteiger partial charge in [0.15, 0.2) is 5.76 Å². The Morgan fingerprint density at radius 1 is 1.47 bits per heavy atom. The predicted molar refractivity (Wildman–Crippen MR) is 53.2 cm³/mol. The molecule has 0 spiro atoms. The van der Waals surface area contributed by atoms with Crippen LogP contribution in [-0.4, -0.2) is 19.1 Å². The predicted octanol–water partition coefficient (Wildman–Crippen LogP) is 1.87. The molecule has 76 valence electrons. The third kappa shape index (κ3) is 1.57. The van der Waals surface area contributed by atoms with Crippen LogP contribution in [0.2, 0.25) is 0 Å². The number of furan rings is 1. The molecule has 0 saturated heterocycles. The minimum absolute atomic E-state index is 0.256. The van der Waals surface area contributed by atoms with Gasteiger partial charge in [-0.05, 0) is 12.1 Å². The molecule has 5 nitrogen and oxygen atoms in total. The Bertz CT molecular complexity index is 491. The first-order chi connectivity index (χ1) is 7.22. The first-order valence-electron chi connectivity index (χ1n) is 4.34. The van der Waals surface area contributed by atoms with Gasteiger partial charge in [0.2, 0.25) is 11.6 Å². The van der Waals surface area contributed by atoms with Crippen LogP contribution in [0.3, 0.4) is 0 Å². The summed E-state index contributed by atoms with van der Waals surface area (Å²) in [5, 5.41) is 8.85. The summed E-state index contributed by atoms with van der Waals surface area (Å²) in [7, 11) is 3.57. The maximum atomic E-state index is 8.85. The maximum Gasteiger partial charge on any atom is 0.266 e. The van der Waals surface area contributed by atoms with Crippen LogP contribution in [0.25, 0.3) is 11.7 Å². The number of hydrogen-bond donors (Lipinski definition) is 0. The smallest absolute Gasteiger partial charge is 0.266 e. The van der Waals surface area contributed by atoms with E-state index < -0.39 is 0 Å². The van der Waals surface area contributed by atoms with E-state index in [1.807, 2.05) is 6.07 Å². The van der Waals surface area contributed by atoms with Gasteiger partial charge in [0.25, 0.3) is 5.89 Å². The largest absolute Gasteiger partial charge is 0.459 e. The third-order valence-electron chi connectivity index (χ3n) is 1.85. The second-order valence-electron chi connectivity index (χ2n) is 3.16. The highest BCUT2D eigenvalue weighted by Crippen LogP contribution is 2.26. The summed E-state index contributed by atoms with van der Waals surface area (Å²) >= 11 is 0. The summed E-state index contributed by atoms with van der Waals surface area (Å²) in [5.41, 5.74) is 0.256. The van der Waals surface area contributed by atoms with Crippen LogP contribution in [0, 0.1) is 11.3 Å². The van der Waals surface area contributed by atoms with E-state index in [0.717, 1.165) is 0 Å². The Kier molecular flexibility index (Phi) is 2.18. The lowest BCUT2D eigenvalue weighted by atomic mass is 10.4. The number of hydrogen-bond acceptors (Lipinski definition) is 5. The third-order valence-corrected chi connectivity index (χ3v) is 1.85. The van der Waals surface area contributed by atoms with E-state index in [0.29, 0.717) is 17.5 Å². The van der Waals surface area contributed by atoms with Gasteiger partial charge in [0.1, 0.15) is 6.07 Å². The first-order valence-corrected chi connectivity index (χ1v) is 4.34. The lowest BCUT2D eigenvalue weighted by Crippen LogP contribution is -2.08. The van der Waals surface area contributed by atoms with Gasteiger partial charge < -0.3 is 13.7 Å². The van der Waals surface area contributed by atoms with Crippen molar-refractivity contribution in [3.8, 4) is 17.7 Å². The van der Waals surface area contributed by atoms with Crippen molar-refractivity contribution in [3.05, 3.63) is 24.1 Å². The molecule has 0 bridgehead atoms. The summed E-state index contributed by atoms with van der Waals surface area (Å²) in [6.45, 7) is 0. The quantitative estimate of drug-likeness (QED) is 0.745. The molecule has 15 heavy (non-hydrogen) atoms. The maximum absolute atomic E-state index is 8.85. The van der Waals surface area contributed by atoms with Gasteiger partial charge in [0.05, 0.1) is 6.26 Å². The van der Waals surface area contributed by atoms with E-state index in [-0.39, 0.29) is 5.69 Å². The summed E-state index contributed by atoms with van der Waals surface area (Å²) in [5.74, 6) is 1.27. The number of oxazole rings is 1. The fraction of sp³-hybridized carbons (Fsp3) is 0.200. The lowest BCUT2D eigenvalue weighted by Gasteiger charge is -2.05. The van der Waals surface area contributed by atoms with Crippen molar-refractivity contribution in [1.29, 1.82) is 5.26 Å². The van der Waals surface area contributed by atoms with Crippen molar-refractivity contribution in [3.63, 3.8) is 0 Å². The molecule has 2 aromatic rings. The fourth-order valence-electron chi connectivity index (χ4n) is 1.19. The van der Waals surface area contributed by atoms with E-state index in [1.54, 1.807) is 31.1 Å². The van der Waals surface area contributed by atoms with Crippen LogP contribution in [0.1, 0.15) is 5.69 Å². The SMILES string of the molecule is CN(C)c1oc(-c2ccco2)nc1C#N. The Morgan fingerprint density at radius 2 is 2.27 bits per heavy atom. The summed E-state index contributed by atoms with van der Waals surface area (Å²) < 4.78 is 10.5. The van der Waals surface area contributed by atoms with Crippen LogP contribution in [0.15, 0.2) is 27.2 Å². The van der Waals surface area contributed by atoms with Gasteiger partial charge in [-0.2, -0.15) is 10.2 Å². The molecule has 0 unspecified atom stereocenters. The molecular weight excluding hydrogens is 194 g/mol. The molecule has 0 radical (unpaired) electrons. The highest BCUT2D eigenvalue weighted by molar-refractivity contribution is 5.54. The van der Waals surface area contributed by atoms with Gasteiger partial charge in [-0.1, -0.05) is 0 Å². The number of rotatable bonds is 2. The van der Waals surface area contributed by atoms with Crippen LogP contribution in [-0.2, 0) is 0 Å². The summed E-state index contributed by atoms with van der Waals surface area (Å²) in [6.07, 6.45) is 1.53. The van der Waals surface area contributed by atoms with Crippen LogP contribution < -0.4 is 4.90 Å². The zero-order valence-electron chi connectivity index (χ0n) is 8.39. The molecule has 0 aromatic carbocycles. The first kappa shape index (κ1) is 9.34.